The molecular weight excluding hydrogens is 520 g/mol. The van der Waals surface area contributed by atoms with Crippen LogP contribution in [0.25, 0.3) is 17.0 Å². The van der Waals surface area contributed by atoms with Crippen LogP contribution in [0.15, 0.2) is 71.6 Å². The molecule has 1 fully saturated rings. The van der Waals surface area contributed by atoms with E-state index in [-0.39, 0.29) is 17.6 Å². The van der Waals surface area contributed by atoms with Crippen LogP contribution in [0.3, 0.4) is 0 Å². The number of hydrogen-bond donors (Lipinski definition) is 2. The number of carbonyl (C=O) groups excluding carboxylic acids is 2. The zero-order chi connectivity index (χ0) is 29.0. The highest BCUT2D eigenvalue weighted by molar-refractivity contribution is 6.03. The molecule has 10 heteroatoms. The molecule has 1 aliphatic rings. The lowest BCUT2D eigenvalue weighted by molar-refractivity contribution is 0.0470. The molecule has 0 saturated carbocycles. The molecular formula is C31H36N6O4. The molecule has 0 spiro atoms. The summed E-state index contributed by atoms with van der Waals surface area (Å²) in [5.41, 5.74) is 3.93. The highest BCUT2D eigenvalue weighted by Gasteiger charge is 2.24. The second-order valence-corrected chi connectivity index (χ2v) is 11.4. The van der Waals surface area contributed by atoms with E-state index < -0.39 is 11.7 Å². The minimum atomic E-state index is -0.541. The Morgan fingerprint density at radius 3 is 2.66 bits per heavy atom. The van der Waals surface area contributed by atoms with Crippen molar-refractivity contribution in [2.75, 3.05) is 18.4 Å². The van der Waals surface area contributed by atoms with Crippen molar-refractivity contribution in [3.63, 3.8) is 0 Å². The Morgan fingerprint density at radius 2 is 1.93 bits per heavy atom. The molecule has 0 radical (unpaired) electrons. The van der Waals surface area contributed by atoms with Crippen molar-refractivity contribution in [1.82, 2.24) is 24.9 Å². The van der Waals surface area contributed by atoms with Crippen LogP contribution in [-0.4, -0.2) is 56.3 Å². The first-order chi connectivity index (χ1) is 19.6. The quantitative estimate of drug-likeness (QED) is 0.306. The highest BCUT2D eigenvalue weighted by Crippen LogP contribution is 2.24. The normalized spacial score (nSPS) is 15.9. The predicted octanol–water partition coefficient (Wildman–Crippen LogP) is 5.58. The maximum absolute atomic E-state index is 13.1. The van der Waals surface area contributed by atoms with Gasteiger partial charge in [0.15, 0.2) is 11.5 Å². The monoisotopic (exact) mass is 556 g/mol. The van der Waals surface area contributed by atoms with Gasteiger partial charge in [-0.15, -0.1) is 0 Å². The van der Waals surface area contributed by atoms with Crippen LogP contribution in [0.4, 0.5) is 10.5 Å². The van der Waals surface area contributed by atoms with E-state index in [0.29, 0.717) is 24.5 Å². The standard InChI is InChI=1S/C31H36N6O4/c1-21-17-37(20-32-21)26-14-22(18-36-12-8-11-24(19-36)34-30(39)40-31(2,3)4)13-25(15-26)33-29(38)27-16-28(41-35-27)23-9-6-5-7-10-23/h5-7,9-10,13-17,20,24H,8,11-12,18-19H2,1-4H3,(H,33,38)(H,34,39)/t24-/m0/s1. The summed E-state index contributed by atoms with van der Waals surface area (Å²) < 4.78 is 12.8. The molecule has 0 bridgehead atoms. The number of aromatic nitrogens is 3. The molecule has 10 nitrogen and oxygen atoms in total. The fraction of sp³-hybridized carbons (Fsp3) is 0.355. The van der Waals surface area contributed by atoms with Crippen molar-refractivity contribution in [1.29, 1.82) is 0 Å². The third-order valence-electron chi connectivity index (χ3n) is 6.68. The van der Waals surface area contributed by atoms with Gasteiger partial charge in [-0.2, -0.15) is 0 Å². The van der Waals surface area contributed by atoms with Gasteiger partial charge in [0.1, 0.15) is 5.60 Å². The van der Waals surface area contributed by atoms with E-state index in [4.69, 9.17) is 9.26 Å². The summed E-state index contributed by atoms with van der Waals surface area (Å²) in [5, 5.41) is 9.99. The molecule has 1 saturated heterocycles. The minimum absolute atomic E-state index is 0.00299. The van der Waals surface area contributed by atoms with Gasteiger partial charge < -0.3 is 24.5 Å². The molecule has 2 aromatic heterocycles. The minimum Gasteiger partial charge on any atom is -0.444 e. The molecule has 3 heterocycles. The lowest BCUT2D eigenvalue weighted by atomic mass is 10.0. The average molecular weight is 557 g/mol. The number of nitrogens with zero attached hydrogens (tertiary/aromatic N) is 4. The predicted molar refractivity (Wildman–Crippen MR) is 156 cm³/mol. The van der Waals surface area contributed by atoms with Gasteiger partial charge in [0.2, 0.25) is 0 Å². The molecule has 214 valence electrons. The molecule has 0 unspecified atom stereocenters. The zero-order valence-corrected chi connectivity index (χ0v) is 23.9. The fourth-order valence-corrected chi connectivity index (χ4v) is 4.91. The van der Waals surface area contributed by atoms with Crippen molar-refractivity contribution in [2.45, 2.75) is 58.7 Å². The molecule has 1 atom stereocenters. The first-order valence-corrected chi connectivity index (χ1v) is 13.8. The Labute approximate surface area is 239 Å². The van der Waals surface area contributed by atoms with E-state index in [1.165, 1.54) is 0 Å². The third kappa shape index (κ3) is 7.61. The Morgan fingerprint density at radius 1 is 1.12 bits per heavy atom. The van der Waals surface area contributed by atoms with Crippen LogP contribution in [0, 0.1) is 6.92 Å². The van der Waals surface area contributed by atoms with E-state index in [0.717, 1.165) is 41.9 Å². The van der Waals surface area contributed by atoms with Gasteiger partial charge in [0.05, 0.1) is 12.0 Å². The molecule has 2 aromatic carbocycles. The summed E-state index contributed by atoms with van der Waals surface area (Å²) in [7, 11) is 0. The van der Waals surface area contributed by atoms with Crippen LogP contribution in [-0.2, 0) is 11.3 Å². The van der Waals surface area contributed by atoms with Crippen LogP contribution in [0.1, 0.15) is 55.4 Å². The Kier molecular flexibility index (Phi) is 8.21. The second-order valence-electron chi connectivity index (χ2n) is 11.4. The number of benzene rings is 2. The number of likely N-dealkylation sites (tertiary alicyclic amines) is 1. The summed E-state index contributed by atoms with van der Waals surface area (Å²) in [4.78, 5) is 32.1. The number of imidazole rings is 1. The van der Waals surface area contributed by atoms with Crippen LogP contribution < -0.4 is 10.6 Å². The number of amides is 2. The van der Waals surface area contributed by atoms with Gasteiger partial charge in [0, 0.05) is 48.3 Å². The van der Waals surface area contributed by atoms with Gasteiger partial charge in [-0.05, 0) is 70.8 Å². The number of aryl methyl sites for hydroxylation is 1. The van der Waals surface area contributed by atoms with Crippen molar-refractivity contribution in [2.24, 2.45) is 0 Å². The van der Waals surface area contributed by atoms with Crippen molar-refractivity contribution in [3.05, 3.63) is 84.1 Å². The molecule has 2 N–H and O–H groups in total. The van der Waals surface area contributed by atoms with Crippen molar-refractivity contribution >= 4 is 17.7 Å². The lowest BCUT2D eigenvalue weighted by Crippen LogP contribution is -2.48. The highest BCUT2D eigenvalue weighted by atomic mass is 16.6. The van der Waals surface area contributed by atoms with Crippen LogP contribution >= 0.6 is 0 Å². The van der Waals surface area contributed by atoms with Gasteiger partial charge in [0.25, 0.3) is 5.91 Å². The summed E-state index contributed by atoms with van der Waals surface area (Å²) in [6, 6.07) is 17.1. The summed E-state index contributed by atoms with van der Waals surface area (Å²) in [5.74, 6) is 0.166. The van der Waals surface area contributed by atoms with Gasteiger partial charge in [-0.1, -0.05) is 35.5 Å². The second kappa shape index (κ2) is 12.0. The van der Waals surface area contributed by atoms with E-state index in [1.807, 2.05) is 80.9 Å². The lowest BCUT2D eigenvalue weighted by Gasteiger charge is -2.33. The van der Waals surface area contributed by atoms with Crippen LogP contribution in [0.5, 0.6) is 0 Å². The summed E-state index contributed by atoms with van der Waals surface area (Å²) in [6.07, 6.45) is 5.16. The third-order valence-corrected chi connectivity index (χ3v) is 6.68. The number of rotatable bonds is 7. The van der Waals surface area contributed by atoms with E-state index >= 15 is 0 Å². The molecule has 0 aliphatic carbocycles. The Hall–Kier alpha value is -4.44. The number of nitrogens with one attached hydrogen (secondary N) is 2. The summed E-state index contributed by atoms with van der Waals surface area (Å²) in [6.45, 7) is 9.77. The number of hydrogen-bond acceptors (Lipinski definition) is 7. The summed E-state index contributed by atoms with van der Waals surface area (Å²) >= 11 is 0. The smallest absolute Gasteiger partial charge is 0.407 e. The van der Waals surface area contributed by atoms with E-state index in [1.54, 1.807) is 12.4 Å². The van der Waals surface area contributed by atoms with Crippen LogP contribution in [0.2, 0.25) is 0 Å². The number of carbonyl (C=O) groups is 2. The van der Waals surface area contributed by atoms with Crippen molar-refractivity contribution in [3.8, 4) is 17.0 Å². The number of ether oxygens (including phenoxy) is 1. The van der Waals surface area contributed by atoms with Gasteiger partial charge in [-0.25, -0.2) is 9.78 Å². The first-order valence-electron chi connectivity index (χ1n) is 13.8. The van der Waals surface area contributed by atoms with E-state index in [9.17, 15) is 9.59 Å². The molecule has 4 aromatic rings. The fourth-order valence-electron chi connectivity index (χ4n) is 4.91. The maximum atomic E-state index is 13.1. The molecule has 41 heavy (non-hydrogen) atoms. The molecule has 5 rings (SSSR count). The number of alkyl carbamates (subject to hydrolysis) is 1. The zero-order valence-electron chi connectivity index (χ0n) is 23.9. The van der Waals surface area contributed by atoms with Crippen molar-refractivity contribution < 1.29 is 18.8 Å². The maximum Gasteiger partial charge on any atom is 0.407 e. The average Bonchev–Trinajstić information content (AvgIpc) is 3.58. The van der Waals surface area contributed by atoms with Gasteiger partial charge >= 0.3 is 6.09 Å². The first kappa shape index (κ1) is 28.1. The van der Waals surface area contributed by atoms with E-state index in [2.05, 4.69) is 31.7 Å². The largest absolute Gasteiger partial charge is 0.444 e. The number of piperidine rings is 1. The molecule has 1 aliphatic heterocycles. The molecule has 2 amide bonds. The number of anilines is 1. The SMILES string of the molecule is Cc1cn(-c2cc(CN3CCC[C@H](NC(=O)OC(C)(C)C)C3)cc(NC(=O)c3cc(-c4ccccc4)on3)c2)cn1. The Bertz CT molecular complexity index is 1500. The van der Waals surface area contributed by atoms with Gasteiger partial charge in [-0.3, -0.25) is 9.69 Å². The topological polar surface area (TPSA) is 115 Å². The Balaban J connectivity index is 1.32.